The molecular formula is C19H22FN5. The van der Waals surface area contributed by atoms with Crippen molar-refractivity contribution >= 4 is 0 Å². The highest BCUT2D eigenvalue weighted by atomic mass is 19.1. The number of rotatable bonds is 3. The molecule has 0 amide bonds. The molecule has 0 N–H and O–H groups in total. The molecule has 2 heterocycles. The summed E-state index contributed by atoms with van der Waals surface area (Å²) in [7, 11) is 0. The van der Waals surface area contributed by atoms with Crippen LogP contribution in [-0.2, 0) is 13.1 Å². The third-order valence-corrected chi connectivity index (χ3v) is 5.60. The summed E-state index contributed by atoms with van der Waals surface area (Å²) in [5, 5.41) is 17.8. The van der Waals surface area contributed by atoms with Gasteiger partial charge in [0.2, 0.25) is 0 Å². The summed E-state index contributed by atoms with van der Waals surface area (Å²) in [6.45, 7) is 4.57. The standard InChI is InChI=1S/C19H22FN5/c1-13-18-22-23-19(15-4-2-3-5-15)25(18)9-8-24(13)12-14-6-7-16(11-21)17(20)10-14/h6-7,10,13,15H,2-5,8-9,12H2,1H3. The van der Waals surface area contributed by atoms with Crippen LogP contribution >= 0.6 is 0 Å². The molecule has 0 radical (unpaired) electrons. The molecule has 1 atom stereocenters. The van der Waals surface area contributed by atoms with Gasteiger partial charge in [-0.15, -0.1) is 10.2 Å². The predicted octanol–water partition coefficient (Wildman–Crippen LogP) is 3.52. The Morgan fingerprint density at radius 2 is 1.96 bits per heavy atom. The van der Waals surface area contributed by atoms with E-state index in [1.807, 2.05) is 12.1 Å². The third kappa shape index (κ3) is 2.93. The second-order valence-corrected chi connectivity index (χ2v) is 7.12. The zero-order valence-electron chi connectivity index (χ0n) is 14.5. The quantitative estimate of drug-likeness (QED) is 0.858. The number of nitriles is 1. The Bertz CT molecular complexity index is 816. The summed E-state index contributed by atoms with van der Waals surface area (Å²) in [6.07, 6.45) is 5.03. The van der Waals surface area contributed by atoms with Gasteiger partial charge in [0.15, 0.2) is 0 Å². The van der Waals surface area contributed by atoms with Gasteiger partial charge in [0.1, 0.15) is 23.5 Å². The summed E-state index contributed by atoms with van der Waals surface area (Å²) in [5.74, 6) is 2.29. The SMILES string of the molecule is CC1c2nnc(C3CCCC3)n2CCN1Cc1ccc(C#N)c(F)c1. The molecule has 1 saturated carbocycles. The van der Waals surface area contributed by atoms with Crippen molar-refractivity contribution in [1.82, 2.24) is 19.7 Å². The molecule has 2 aromatic rings. The lowest BCUT2D eigenvalue weighted by Gasteiger charge is -2.34. The number of benzene rings is 1. The van der Waals surface area contributed by atoms with Gasteiger partial charge in [-0.25, -0.2) is 4.39 Å². The zero-order chi connectivity index (χ0) is 17.4. The van der Waals surface area contributed by atoms with Crippen LogP contribution in [0.4, 0.5) is 4.39 Å². The Balaban J connectivity index is 1.53. The lowest BCUT2D eigenvalue weighted by molar-refractivity contribution is 0.154. The second-order valence-electron chi connectivity index (χ2n) is 7.12. The number of hydrogen-bond donors (Lipinski definition) is 0. The lowest BCUT2D eigenvalue weighted by atomic mass is 10.1. The van der Waals surface area contributed by atoms with Gasteiger partial charge in [0.05, 0.1) is 11.6 Å². The largest absolute Gasteiger partial charge is 0.312 e. The first kappa shape index (κ1) is 16.2. The minimum absolute atomic E-state index is 0.0939. The lowest BCUT2D eigenvalue weighted by Crippen LogP contribution is -2.37. The van der Waals surface area contributed by atoms with Crippen LogP contribution in [0.2, 0.25) is 0 Å². The van der Waals surface area contributed by atoms with E-state index in [1.165, 1.54) is 31.7 Å². The highest BCUT2D eigenvalue weighted by Crippen LogP contribution is 2.35. The summed E-state index contributed by atoms with van der Waals surface area (Å²) >= 11 is 0. The van der Waals surface area contributed by atoms with Crippen molar-refractivity contribution in [3.63, 3.8) is 0 Å². The number of nitrogens with zero attached hydrogens (tertiary/aromatic N) is 5. The Labute approximate surface area is 147 Å². The smallest absolute Gasteiger partial charge is 0.150 e. The van der Waals surface area contributed by atoms with E-state index in [0.717, 1.165) is 30.3 Å². The van der Waals surface area contributed by atoms with E-state index in [1.54, 1.807) is 6.07 Å². The number of hydrogen-bond acceptors (Lipinski definition) is 4. The fraction of sp³-hybridized carbons (Fsp3) is 0.526. The van der Waals surface area contributed by atoms with Gasteiger partial charge in [0.25, 0.3) is 0 Å². The minimum atomic E-state index is -0.448. The molecule has 1 aromatic carbocycles. The molecule has 6 heteroatoms. The van der Waals surface area contributed by atoms with Crippen LogP contribution in [0.5, 0.6) is 0 Å². The molecule has 0 saturated heterocycles. The van der Waals surface area contributed by atoms with Crippen LogP contribution in [0.1, 0.15) is 67.3 Å². The highest BCUT2D eigenvalue weighted by molar-refractivity contribution is 5.33. The minimum Gasteiger partial charge on any atom is -0.312 e. The molecular weight excluding hydrogens is 317 g/mol. The van der Waals surface area contributed by atoms with Crippen molar-refractivity contribution in [2.24, 2.45) is 0 Å². The van der Waals surface area contributed by atoms with Gasteiger partial charge in [-0.2, -0.15) is 5.26 Å². The molecule has 1 aromatic heterocycles. The Kier molecular flexibility index (Phi) is 4.26. The molecule has 1 aliphatic heterocycles. The highest BCUT2D eigenvalue weighted by Gasteiger charge is 2.31. The monoisotopic (exact) mass is 339 g/mol. The van der Waals surface area contributed by atoms with Crippen LogP contribution in [0.3, 0.4) is 0 Å². The van der Waals surface area contributed by atoms with E-state index in [4.69, 9.17) is 5.26 Å². The van der Waals surface area contributed by atoms with Crippen LogP contribution < -0.4 is 0 Å². The van der Waals surface area contributed by atoms with E-state index < -0.39 is 5.82 Å². The topological polar surface area (TPSA) is 57.7 Å². The van der Waals surface area contributed by atoms with E-state index in [-0.39, 0.29) is 11.6 Å². The third-order valence-electron chi connectivity index (χ3n) is 5.60. The molecule has 130 valence electrons. The van der Waals surface area contributed by atoms with Crippen LogP contribution in [0.15, 0.2) is 18.2 Å². The molecule has 0 bridgehead atoms. The maximum Gasteiger partial charge on any atom is 0.150 e. The summed E-state index contributed by atoms with van der Waals surface area (Å²) in [4.78, 5) is 2.29. The van der Waals surface area contributed by atoms with Crippen molar-refractivity contribution in [3.8, 4) is 6.07 Å². The Morgan fingerprint density at radius 3 is 2.68 bits per heavy atom. The summed E-state index contributed by atoms with van der Waals surface area (Å²) in [6, 6.07) is 6.87. The van der Waals surface area contributed by atoms with Crippen molar-refractivity contribution < 1.29 is 4.39 Å². The summed E-state index contributed by atoms with van der Waals surface area (Å²) < 4.78 is 16.2. The average Bonchev–Trinajstić information content (AvgIpc) is 3.27. The molecule has 2 aliphatic rings. The van der Waals surface area contributed by atoms with Gasteiger partial charge in [-0.05, 0) is 37.5 Å². The first-order chi connectivity index (χ1) is 12.2. The second kappa shape index (κ2) is 6.57. The van der Waals surface area contributed by atoms with E-state index >= 15 is 0 Å². The Hall–Kier alpha value is -2.26. The van der Waals surface area contributed by atoms with Gasteiger partial charge >= 0.3 is 0 Å². The summed E-state index contributed by atoms with van der Waals surface area (Å²) in [5.41, 5.74) is 0.976. The molecule has 1 aliphatic carbocycles. The fourth-order valence-electron chi connectivity index (χ4n) is 4.14. The molecule has 4 rings (SSSR count). The molecule has 25 heavy (non-hydrogen) atoms. The molecule has 5 nitrogen and oxygen atoms in total. The number of aromatic nitrogens is 3. The average molecular weight is 339 g/mol. The number of fused-ring (bicyclic) bond motifs is 1. The predicted molar refractivity (Wildman–Crippen MR) is 91.2 cm³/mol. The Morgan fingerprint density at radius 1 is 1.20 bits per heavy atom. The molecule has 1 unspecified atom stereocenters. The van der Waals surface area contributed by atoms with Gasteiger partial charge < -0.3 is 4.57 Å². The van der Waals surface area contributed by atoms with Gasteiger partial charge in [-0.3, -0.25) is 4.90 Å². The van der Waals surface area contributed by atoms with Crippen molar-refractivity contribution in [1.29, 1.82) is 5.26 Å². The van der Waals surface area contributed by atoms with E-state index in [0.29, 0.717) is 12.5 Å². The zero-order valence-corrected chi connectivity index (χ0v) is 14.5. The maximum atomic E-state index is 13.8. The molecule has 0 spiro atoms. The number of halogens is 1. The van der Waals surface area contributed by atoms with Crippen molar-refractivity contribution in [2.75, 3.05) is 6.54 Å². The van der Waals surface area contributed by atoms with Crippen molar-refractivity contribution in [2.45, 2.75) is 57.7 Å². The molecule has 1 fully saturated rings. The van der Waals surface area contributed by atoms with E-state index in [2.05, 4.69) is 26.6 Å². The first-order valence-electron chi connectivity index (χ1n) is 9.03. The van der Waals surface area contributed by atoms with Gasteiger partial charge in [-0.1, -0.05) is 18.9 Å². The van der Waals surface area contributed by atoms with Gasteiger partial charge in [0, 0.05) is 25.6 Å². The fourth-order valence-corrected chi connectivity index (χ4v) is 4.14. The first-order valence-corrected chi connectivity index (χ1v) is 9.03. The normalized spacial score (nSPS) is 21.2. The van der Waals surface area contributed by atoms with Crippen LogP contribution in [-0.4, -0.2) is 26.2 Å². The van der Waals surface area contributed by atoms with E-state index in [9.17, 15) is 4.39 Å². The van der Waals surface area contributed by atoms with Crippen LogP contribution in [0.25, 0.3) is 0 Å². The maximum absolute atomic E-state index is 13.8. The van der Waals surface area contributed by atoms with Crippen LogP contribution in [0, 0.1) is 17.1 Å². The van der Waals surface area contributed by atoms with Crippen molar-refractivity contribution in [3.05, 3.63) is 46.8 Å².